The molecule has 0 aliphatic rings. The number of hydrogen-bond donors (Lipinski definition) is 1. The van der Waals surface area contributed by atoms with Crippen LogP contribution in [0.2, 0.25) is 0 Å². The molecule has 2 aromatic carbocycles. The predicted octanol–water partition coefficient (Wildman–Crippen LogP) is 3.28. The summed E-state index contributed by atoms with van der Waals surface area (Å²) < 4.78 is 17.6. The second-order valence-corrected chi connectivity index (χ2v) is 7.08. The van der Waals surface area contributed by atoms with Crippen molar-refractivity contribution in [2.75, 3.05) is 12.4 Å². The minimum absolute atomic E-state index is 0.236. The van der Waals surface area contributed by atoms with Crippen LogP contribution in [0.5, 0.6) is 5.75 Å². The maximum atomic E-state index is 12.4. The van der Waals surface area contributed by atoms with E-state index >= 15 is 0 Å². The molecule has 0 heterocycles. The number of amides is 1. The number of methoxy groups -OCH3 is 1. The summed E-state index contributed by atoms with van der Waals surface area (Å²) >= 11 is 0. The van der Waals surface area contributed by atoms with Crippen molar-refractivity contribution in [3.05, 3.63) is 59.7 Å². The molecule has 0 saturated carbocycles. The second-order valence-electron chi connectivity index (χ2n) is 5.32. The van der Waals surface area contributed by atoms with E-state index in [4.69, 9.17) is 4.74 Å². The third-order valence-corrected chi connectivity index (χ3v) is 5.23. The lowest BCUT2D eigenvalue weighted by Crippen LogP contribution is -2.30. The monoisotopic (exact) mass is 331 g/mol. The van der Waals surface area contributed by atoms with Crippen LogP contribution < -0.4 is 10.1 Å². The fraction of sp³-hybridized carbons (Fsp3) is 0.278. The summed E-state index contributed by atoms with van der Waals surface area (Å²) in [5.74, 6) is 0.802. The molecule has 2 rings (SSSR count). The molecule has 122 valence electrons. The number of carbonyl (C=O) groups is 1. The highest BCUT2D eigenvalue weighted by Gasteiger charge is 2.20. The van der Waals surface area contributed by atoms with Gasteiger partial charge >= 0.3 is 0 Å². The van der Waals surface area contributed by atoms with Gasteiger partial charge < -0.3 is 10.1 Å². The van der Waals surface area contributed by atoms with Gasteiger partial charge in [0.2, 0.25) is 5.91 Å². The first-order valence-corrected chi connectivity index (χ1v) is 8.76. The largest absolute Gasteiger partial charge is 0.497 e. The van der Waals surface area contributed by atoms with E-state index in [0.29, 0.717) is 5.75 Å². The molecule has 0 fully saturated rings. The number of anilines is 1. The highest BCUT2D eigenvalue weighted by molar-refractivity contribution is 7.85. The molecule has 2 atom stereocenters. The van der Waals surface area contributed by atoms with Crippen molar-refractivity contribution in [1.82, 2.24) is 0 Å². The van der Waals surface area contributed by atoms with E-state index in [1.165, 1.54) is 0 Å². The number of hydrogen-bond acceptors (Lipinski definition) is 3. The molecule has 0 unspecified atom stereocenters. The summed E-state index contributed by atoms with van der Waals surface area (Å²) in [7, 11) is 0.288. The standard InChI is InChI=1S/C18H21NO3S/c1-13-7-4-5-10-17(13)19-18(20)14(2)23(21)12-15-8-6-9-16(11-15)22-3/h4-11,14H,12H2,1-3H3,(H,19,20)/t14-,23+/m0/s1. The summed E-state index contributed by atoms with van der Waals surface area (Å²) in [6.07, 6.45) is 0. The molecule has 0 aliphatic heterocycles. The molecule has 5 heteroatoms. The zero-order valence-electron chi connectivity index (χ0n) is 13.5. The topological polar surface area (TPSA) is 55.4 Å². The molecule has 0 aliphatic carbocycles. The zero-order valence-corrected chi connectivity index (χ0v) is 14.4. The lowest BCUT2D eigenvalue weighted by molar-refractivity contribution is -0.115. The number of aryl methyl sites for hydroxylation is 1. The Labute approximate surface area is 139 Å². The fourth-order valence-electron chi connectivity index (χ4n) is 2.12. The van der Waals surface area contributed by atoms with E-state index in [2.05, 4.69) is 5.32 Å². The Kier molecular flexibility index (Phi) is 5.93. The van der Waals surface area contributed by atoms with E-state index in [1.807, 2.05) is 55.5 Å². The Morgan fingerprint density at radius 2 is 1.96 bits per heavy atom. The van der Waals surface area contributed by atoms with Crippen LogP contribution in [0.1, 0.15) is 18.1 Å². The van der Waals surface area contributed by atoms with Gasteiger partial charge in [-0.2, -0.15) is 0 Å². The molecule has 0 saturated heterocycles. The molecule has 0 spiro atoms. The Morgan fingerprint density at radius 3 is 2.65 bits per heavy atom. The van der Waals surface area contributed by atoms with Crippen LogP contribution in [0, 0.1) is 6.92 Å². The van der Waals surface area contributed by atoms with Crippen molar-refractivity contribution in [1.29, 1.82) is 0 Å². The lowest BCUT2D eigenvalue weighted by atomic mass is 10.2. The quantitative estimate of drug-likeness (QED) is 0.884. The number of ether oxygens (including phenoxy) is 1. The number of carbonyl (C=O) groups excluding carboxylic acids is 1. The zero-order chi connectivity index (χ0) is 16.8. The Hall–Kier alpha value is -2.14. The minimum atomic E-state index is -1.30. The Morgan fingerprint density at radius 1 is 1.22 bits per heavy atom. The number of rotatable bonds is 6. The van der Waals surface area contributed by atoms with Gasteiger partial charge in [0.25, 0.3) is 0 Å². The maximum Gasteiger partial charge on any atom is 0.239 e. The second kappa shape index (κ2) is 7.92. The van der Waals surface area contributed by atoms with E-state index in [9.17, 15) is 9.00 Å². The number of nitrogens with one attached hydrogen (secondary N) is 1. The Balaban J connectivity index is 2.01. The van der Waals surface area contributed by atoms with Gasteiger partial charge in [-0.15, -0.1) is 0 Å². The number of benzene rings is 2. The van der Waals surface area contributed by atoms with Crippen LogP contribution in [0.25, 0.3) is 0 Å². The van der Waals surface area contributed by atoms with E-state index < -0.39 is 16.0 Å². The van der Waals surface area contributed by atoms with Crippen molar-refractivity contribution < 1.29 is 13.7 Å². The minimum Gasteiger partial charge on any atom is -0.497 e. The molecule has 23 heavy (non-hydrogen) atoms. The fourth-order valence-corrected chi connectivity index (χ4v) is 3.17. The highest BCUT2D eigenvalue weighted by Crippen LogP contribution is 2.17. The third-order valence-electron chi connectivity index (χ3n) is 3.61. The van der Waals surface area contributed by atoms with Crippen LogP contribution in [0.4, 0.5) is 5.69 Å². The van der Waals surface area contributed by atoms with Gasteiger partial charge in [0.1, 0.15) is 11.0 Å². The average molecular weight is 331 g/mol. The van der Waals surface area contributed by atoms with E-state index in [0.717, 1.165) is 22.6 Å². The first kappa shape index (κ1) is 17.2. The summed E-state index contributed by atoms with van der Waals surface area (Å²) in [5, 5.41) is 2.25. The summed E-state index contributed by atoms with van der Waals surface area (Å²) in [6.45, 7) is 3.61. The summed E-state index contributed by atoms with van der Waals surface area (Å²) in [6, 6.07) is 14.9. The molecular formula is C18H21NO3S. The van der Waals surface area contributed by atoms with Crippen LogP contribution in [-0.4, -0.2) is 22.5 Å². The smallest absolute Gasteiger partial charge is 0.239 e. The summed E-state index contributed by atoms with van der Waals surface area (Å²) in [5.41, 5.74) is 2.62. The molecule has 1 amide bonds. The highest BCUT2D eigenvalue weighted by atomic mass is 32.2. The molecule has 4 nitrogen and oxygen atoms in total. The SMILES string of the molecule is COc1cccc(C[S@@](=O)[C@@H](C)C(=O)Nc2ccccc2C)c1. The van der Waals surface area contributed by atoms with Crippen LogP contribution in [-0.2, 0) is 21.3 Å². The van der Waals surface area contributed by atoms with Gasteiger partial charge in [-0.25, -0.2) is 0 Å². The first-order valence-electron chi connectivity index (χ1n) is 7.38. The maximum absolute atomic E-state index is 12.4. The average Bonchev–Trinajstić information content (AvgIpc) is 2.56. The van der Waals surface area contributed by atoms with Gasteiger partial charge in [-0.1, -0.05) is 30.3 Å². The molecule has 1 N–H and O–H groups in total. The Bertz CT molecular complexity index is 715. The molecule has 0 aromatic heterocycles. The molecular weight excluding hydrogens is 310 g/mol. The normalized spacial score (nSPS) is 13.2. The van der Waals surface area contributed by atoms with Crippen molar-refractivity contribution in [2.24, 2.45) is 0 Å². The van der Waals surface area contributed by atoms with Crippen LogP contribution in [0.3, 0.4) is 0 Å². The lowest BCUT2D eigenvalue weighted by Gasteiger charge is -2.14. The molecule has 0 bridgehead atoms. The first-order chi connectivity index (χ1) is 11.0. The van der Waals surface area contributed by atoms with Gasteiger partial charge in [-0.05, 0) is 43.2 Å². The van der Waals surface area contributed by atoms with Crippen LogP contribution in [0.15, 0.2) is 48.5 Å². The van der Waals surface area contributed by atoms with Crippen molar-refractivity contribution in [2.45, 2.75) is 24.9 Å². The van der Waals surface area contributed by atoms with E-state index in [-0.39, 0.29) is 5.91 Å². The van der Waals surface area contributed by atoms with Crippen LogP contribution >= 0.6 is 0 Å². The van der Waals surface area contributed by atoms with Gasteiger partial charge in [0, 0.05) is 22.2 Å². The summed E-state index contributed by atoms with van der Waals surface area (Å²) in [4.78, 5) is 12.3. The van der Waals surface area contributed by atoms with Crippen molar-refractivity contribution in [3.63, 3.8) is 0 Å². The number of para-hydroxylation sites is 1. The molecule has 0 radical (unpaired) electrons. The van der Waals surface area contributed by atoms with Crippen molar-refractivity contribution in [3.8, 4) is 5.75 Å². The predicted molar refractivity (Wildman–Crippen MR) is 94.1 cm³/mol. The van der Waals surface area contributed by atoms with Gasteiger partial charge in [-0.3, -0.25) is 9.00 Å². The van der Waals surface area contributed by atoms with Gasteiger partial charge in [0.15, 0.2) is 0 Å². The molecule has 2 aromatic rings. The van der Waals surface area contributed by atoms with E-state index in [1.54, 1.807) is 14.0 Å². The van der Waals surface area contributed by atoms with Gasteiger partial charge in [0.05, 0.1) is 7.11 Å². The third kappa shape index (κ3) is 4.66. The van der Waals surface area contributed by atoms with Crippen molar-refractivity contribution >= 4 is 22.4 Å².